The molecule has 0 bridgehead atoms. The molecule has 0 aliphatic heterocycles. The molecule has 0 atom stereocenters. The van der Waals surface area contributed by atoms with Crippen molar-refractivity contribution in [2.24, 2.45) is 7.05 Å². The molecule has 0 saturated heterocycles. The first-order chi connectivity index (χ1) is 7.99. The lowest BCUT2D eigenvalue weighted by Crippen LogP contribution is -2.14. The molecular formula is C12H10BrNO3. The van der Waals surface area contributed by atoms with Crippen LogP contribution in [0.4, 0.5) is 0 Å². The van der Waals surface area contributed by atoms with E-state index >= 15 is 0 Å². The smallest absolute Gasteiger partial charge is 0.309 e. The van der Waals surface area contributed by atoms with Crippen LogP contribution in [0.15, 0.2) is 33.5 Å². The van der Waals surface area contributed by atoms with Gasteiger partial charge in [0.25, 0.3) is 0 Å². The Kier molecular flexibility index (Phi) is 3.02. The summed E-state index contributed by atoms with van der Waals surface area (Å²) in [5.41, 5.74) is 1.07. The molecule has 2 rings (SSSR count). The van der Waals surface area contributed by atoms with Gasteiger partial charge in [0.1, 0.15) is 0 Å². The normalized spacial score (nSPS) is 10.7. The van der Waals surface area contributed by atoms with Crippen LogP contribution in [0.3, 0.4) is 0 Å². The molecule has 5 heteroatoms. The van der Waals surface area contributed by atoms with Gasteiger partial charge in [-0.15, -0.1) is 0 Å². The number of aryl methyl sites for hydroxylation is 1. The third-order valence-electron chi connectivity index (χ3n) is 2.65. The highest BCUT2D eigenvalue weighted by atomic mass is 79.9. The number of rotatable bonds is 2. The Labute approximate surface area is 106 Å². The van der Waals surface area contributed by atoms with Gasteiger partial charge in [-0.3, -0.25) is 9.59 Å². The van der Waals surface area contributed by atoms with Gasteiger partial charge in [-0.25, -0.2) is 0 Å². The molecule has 0 unspecified atom stereocenters. The lowest BCUT2D eigenvalue weighted by Gasteiger charge is -2.10. The minimum absolute atomic E-state index is 0.151. The third kappa shape index (κ3) is 2.24. The predicted octanol–water partition coefficient (Wildman–Crippen LogP) is 1.93. The number of hydrogen-bond donors (Lipinski definition) is 1. The van der Waals surface area contributed by atoms with Crippen molar-refractivity contribution in [3.05, 3.63) is 44.7 Å². The first-order valence-electron chi connectivity index (χ1n) is 4.99. The standard InChI is InChI=1S/C12H10BrNO3/c1-14-8(6-12(16)17)5-11(15)9-3-2-7(13)4-10(9)14/h2-5H,6H2,1H3,(H,16,17). The molecule has 1 N–H and O–H groups in total. The third-order valence-corrected chi connectivity index (χ3v) is 3.14. The summed E-state index contributed by atoms with van der Waals surface area (Å²) in [4.78, 5) is 22.5. The lowest BCUT2D eigenvalue weighted by atomic mass is 10.1. The molecule has 1 heterocycles. The average Bonchev–Trinajstić information content (AvgIpc) is 2.24. The highest BCUT2D eigenvalue weighted by molar-refractivity contribution is 9.10. The maximum Gasteiger partial charge on any atom is 0.309 e. The average molecular weight is 296 g/mol. The van der Waals surface area contributed by atoms with Gasteiger partial charge < -0.3 is 9.67 Å². The Balaban J connectivity index is 2.78. The van der Waals surface area contributed by atoms with E-state index in [1.165, 1.54) is 6.07 Å². The Hall–Kier alpha value is -1.62. The number of carboxylic acids is 1. The topological polar surface area (TPSA) is 59.3 Å². The maximum atomic E-state index is 11.8. The van der Waals surface area contributed by atoms with Gasteiger partial charge in [0.15, 0.2) is 5.43 Å². The van der Waals surface area contributed by atoms with Crippen molar-refractivity contribution < 1.29 is 9.90 Å². The minimum Gasteiger partial charge on any atom is -0.481 e. The highest BCUT2D eigenvalue weighted by Crippen LogP contribution is 2.18. The minimum atomic E-state index is -0.950. The molecule has 0 fully saturated rings. The second-order valence-electron chi connectivity index (χ2n) is 3.79. The van der Waals surface area contributed by atoms with Crippen molar-refractivity contribution in [2.75, 3.05) is 0 Å². The van der Waals surface area contributed by atoms with Gasteiger partial charge >= 0.3 is 5.97 Å². The number of carboxylic acid groups (broad SMARTS) is 1. The second-order valence-corrected chi connectivity index (χ2v) is 4.71. The molecule has 88 valence electrons. The number of carbonyl (C=O) groups is 1. The fourth-order valence-corrected chi connectivity index (χ4v) is 2.14. The fraction of sp³-hybridized carbons (Fsp3) is 0.167. The summed E-state index contributed by atoms with van der Waals surface area (Å²) < 4.78 is 2.59. The number of hydrogen-bond acceptors (Lipinski definition) is 2. The quantitative estimate of drug-likeness (QED) is 0.921. The maximum absolute atomic E-state index is 11.8. The molecular weight excluding hydrogens is 286 g/mol. The van der Waals surface area contributed by atoms with Crippen LogP contribution >= 0.6 is 15.9 Å². The number of aromatic nitrogens is 1. The van der Waals surface area contributed by atoms with E-state index in [-0.39, 0.29) is 11.8 Å². The summed E-state index contributed by atoms with van der Waals surface area (Å²) in [6, 6.07) is 6.71. The summed E-state index contributed by atoms with van der Waals surface area (Å²) in [6.07, 6.45) is -0.159. The number of nitrogens with zero attached hydrogens (tertiary/aromatic N) is 1. The van der Waals surface area contributed by atoms with Crippen LogP contribution < -0.4 is 5.43 Å². The fourth-order valence-electron chi connectivity index (χ4n) is 1.80. The Morgan fingerprint density at radius 2 is 2.12 bits per heavy atom. The van der Waals surface area contributed by atoms with Crippen molar-refractivity contribution in [3.63, 3.8) is 0 Å². The van der Waals surface area contributed by atoms with Gasteiger partial charge in [0.2, 0.25) is 0 Å². The number of fused-ring (bicyclic) bond motifs is 1. The Morgan fingerprint density at radius 3 is 2.76 bits per heavy atom. The first-order valence-corrected chi connectivity index (χ1v) is 5.78. The first kappa shape index (κ1) is 11.9. The van der Waals surface area contributed by atoms with E-state index in [9.17, 15) is 9.59 Å². The van der Waals surface area contributed by atoms with E-state index < -0.39 is 5.97 Å². The lowest BCUT2D eigenvalue weighted by molar-refractivity contribution is -0.136. The number of pyridine rings is 1. The molecule has 4 nitrogen and oxygen atoms in total. The summed E-state index contributed by atoms with van der Waals surface area (Å²) in [5, 5.41) is 9.37. The van der Waals surface area contributed by atoms with Crippen molar-refractivity contribution in [2.45, 2.75) is 6.42 Å². The SMILES string of the molecule is Cn1c(CC(=O)O)cc(=O)c2ccc(Br)cc21. The van der Waals surface area contributed by atoms with Gasteiger partial charge in [-0.1, -0.05) is 15.9 Å². The van der Waals surface area contributed by atoms with E-state index in [0.717, 1.165) is 9.99 Å². The van der Waals surface area contributed by atoms with Gasteiger partial charge in [0.05, 0.1) is 11.9 Å². The molecule has 0 aliphatic carbocycles. The summed E-state index contributed by atoms with van der Waals surface area (Å²) in [7, 11) is 1.76. The van der Waals surface area contributed by atoms with Crippen LogP contribution in [0.2, 0.25) is 0 Å². The van der Waals surface area contributed by atoms with Crippen molar-refractivity contribution in [1.29, 1.82) is 0 Å². The van der Waals surface area contributed by atoms with Crippen LogP contribution in [0.25, 0.3) is 10.9 Å². The van der Waals surface area contributed by atoms with E-state index in [1.807, 2.05) is 6.07 Å². The highest BCUT2D eigenvalue weighted by Gasteiger charge is 2.09. The molecule has 0 amide bonds. The van der Waals surface area contributed by atoms with E-state index in [2.05, 4.69) is 15.9 Å². The van der Waals surface area contributed by atoms with Gasteiger partial charge in [0, 0.05) is 28.7 Å². The van der Waals surface area contributed by atoms with Crippen LogP contribution in [0.1, 0.15) is 5.69 Å². The Morgan fingerprint density at radius 1 is 1.41 bits per heavy atom. The molecule has 0 radical (unpaired) electrons. The van der Waals surface area contributed by atoms with Crippen LogP contribution in [-0.2, 0) is 18.3 Å². The van der Waals surface area contributed by atoms with E-state index in [1.54, 1.807) is 23.7 Å². The predicted molar refractivity (Wildman–Crippen MR) is 68.2 cm³/mol. The Bertz CT molecular complexity index is 661. The zero-order valence-corrected chi connectivity index (χ0v) is 10.7. The van der Waals surface area contributed by atoms with Crippen molar-refractivity contribution in [1.82, 2.24) is 4.57 Å². The number of benzene rings is 1. The summed E-state index contributed by atoms with van der Waals surface area (Å²) in [5.74, 6) is -0.950. The molecule has 2 aromatic rings. The molecule has 1 aromatic carbocycles. The van der Waals surface area contributed by atoms with Crippen molar-refractivity contribution >= 4 is 32.8 Å². The van der Waals surface area contributed by atoms with Crippen molar-refractivity contribution in [3.8, 4) is 0 Å². The largest absolute Gasteiger partial charge is 0.481 e. The van der Waals surface area contributed by atoms with Gasteiger partial charge in [-0.05, 0) is 18.2 Å². The van der Waals surface area contributed by atoms with Gasteiger partial charge in [-0.2, -0.15) is 0 Å². The van der Waals surface area contributed by atoms with E-state index in [4.69, 9.17) is 5.11 Å². The zero-order chi connectivity index (χ0) is 12.6. The van der Waals surface area contributed by atoms with Crippen LogP contribution in [-0.4, -0.2) is 15.6 Å². The molecule has 0 aliphatic rings. The summed E-state index contributed by atoms with van der Waals surface area (Å²) >= 11 is 3.33. The molecule has 0 spiro atoms. The molecule has 0 saturated carbocycles. The van der Waals surface area contributed by atoms with Crippen LogP contribution in [0.5, 0.6) is 0 Å². The molecule has 17 heavy (non-hydrogen) atoms. The van der Waals surface area contributed by atoms with Crippen LogP contribution in [0, 0.1) is 0 Å². The summed E-state index contributed by atoms with van der Waals surface area (Å²) in [6.45, 7) is 0. The second kappa shape index (κ2) is 4.33. The number of halogens is 1. The van der Waals surface area contributed by atoms with E-state index in [0.29, 0.717) is 11.1 Å². The molecule has 1 aromatic heterocycles. The number of aliphatic carboxylic acids is 1. The monoisotopic (exact) mass is 295 g/mol. The zero-order valence-electron chi connectivity index (χ0n) is 9.11.